The molecule has 0 saturated heterocycles. The summed E-state index contributed by atoms with van der Waals surface area (Å²) in [6.45, 7) is 13.3. The van der Waals surface area contributed by atoms with E-state index < -0.39 is 0 Å². The Balaban J connectivity index is 1.71. The number of nitrogens with zero attached hydrogens (tertiary/aromatic N) is 1. The van der Waals surface area contributed by atoms with Gasteiger partial charge in [-0.2, -0.15) is 0 Å². The molecule has 1 aromatic carbocycles. The van der Waals surface area contributed by atoms with Gasteiger partial charge < -0.3 is 19.7 Å². The average Bonchev–Trinajstić information content (AvgIpc) is 2.81. The number of fused-ring (bicyclic) bond motifs is 1. The van der Waals surface area contributed by atoms with Gasteiger partial charge in [-0.15, -0.1) is 0 Å². The number of hydrogen-bond acceptors (Lipinski definition) is 4. The van der Waals surface area contributed by atoms with E-state index in [0.717, 1.165) is 29.0 Å². The minimum atomic E-state index is -0.0218. The van der Waals surface area contributed by atoms with Gasteiger partial charge >= 0.3 is 0 Å². The standard InChI is InChI=1S/C28H38N2O4/c1-5-24-20-30(26-11-7-6-10-25(26)15-14-23(24)4)28(32)13-9-8-12-27(31)29-16-17-33-18-19-34-21-22(2)3/h5-7,10-11,22H,1,8-9,12-13,16-21H2,2-4H3,(H,29,31)/b24-23-. The number of unbranched alkanes of at least 4 members (excludes halogenated alkanes) is 1. The van der Waals surface area contributed by atoms with Gasteiger partial charge in [0.05, 0.1) is 32.1 Å². The van der Waals surface area contributed by atoms with Crippen molar-refractivity contribution in [1.82, 2.24) is 5.32 Å². The molecule has 0 radical (unpaired) electrons. The largest absolute Gasteiger partial charge is 0.379 e. The molecule has 6 heteroatoms. The first-order valence-electron chi connectivity index (χ1n) is 12.1. The van der Waals surface area contributed by atoms with Crippen LogP contribution in [0.25, 0.3) is 0 Å². The number of amides is 2. The van der Waals surface area contributed by atoms with E-state index in [1.54, 1.807) is 11.0 Å². The molecule has 6 nitrogen and oxygen atoms in total. The Labute approximate surface area is 204 Å². The number of anilines is 1. The van der Waals surface area contributed by atoms with Crippen LogP contribution >= 0.6 is 0 Å². The third kappa shape index (κ3) is 9.54. The molecule has 0 fully saturated rings. The van der Waals surface area contributed by atoms with E-state index in [1.807, 2.05) is 31.2 Å². The normalized spacial score (nSPS) is 15.1. The third-order valence-corrected chi connectivity index (χ3v) is 5.37. The first kappa shape index (κ1) is 27.4. The Morgan fingerprint density at radius 2 is 1.85 bits per heavy atom. The molecule has 2 rings (SSSR count). The number of carbonyl (C=O) groups is 2. The lowest BCUT2D eigenvalue weighted by molar-refractivity contribution is -0.122. The summed E-state index contributed by atoms with van der Waals surface area (Å²) in [6, 6.07) is 7.70. The molecule has 1 heterocycles. The molecular weight excluding hydrogens is 428 g/mol. The van der Waals surface area contributed by atoms with Gasteiger partial charge in [-0.1, -0.05) is 50.5 Å². The second-order valence-corrected chi connectivity index (χ2v) is 8.74. The monoisotopic (exact) mass is 466 g/mol. The molecular formula is C28H38N2O4. The number of hydrogen-bond donors (Lipinski definition) is 1. The van der Waals surface area contributed by atoms with Crippen molar-refractivity contribution in [2.45, 2.75) is 46.5 Å². The van der Waals surface area contributed by atoms with Gasteiger partial charge in [0, 0.05) is 37.1 Å². The highest BCUT2D eigenvalue weighted by atomic mass is 16.5. The van der Waals surface area contributed by atoms with Crippen molar-refractivity contribution in [3.8, 4) is 11.8 Å². The summed E-state index contributed by atoms with van der Waals surface area (Å²) in [5.41, 5.74) is 3.53. The van der Waals surface area contributed by atoms with E-state index in [-0.39, 0.29) is 11.8 Å². The first-order chi connectivity index (χ1) is 16.4. The topological polar surface area (TPSA) is 67.9 Å². The first-order valence-corrected chi connectivity index (χ1v) is 12.1. The zero-order valence-electron chi connectivity index (χ0n) is 20.8. The van der Waals surface area contributed by atoms with E-state index in [0.29, 0.717) is 64.5 Å². The summed E-state index contributed by atoms with van der Waals surface area (Å²) in [7, 11) is 0. The highest BCUT2D eigenvalue weighted by Crippen LogP contribution is 2.25. The van der Waals surface area contributed by atoms with Crippen molar-refractivity contribution in [3.05, 3.63) is 53.6 Å². The van der Waals surface area contributed by atoms with Gasteiger partial charge in [-0.3, -0.25) is 9.59 Å². The second kappa shape index (κ2) is 15.1. The molecule has 1 aliphatic heterocycles. The van der Waals surface area contributed by atoms with Crippen LogP contribution in [0, 0.1) is 17.8 Å². The van der Waals surface area contributed by atoms with Crippen LogP contribution in [-0.4, -0.2) is 51.3 Å². The van der Waals surface area contributed by atoms with Crippen LogP contribution in [0.1, 0.15) is 52.0 Å². The lowest BCUT2D eigenvalue weighted by Crippen LogP contribution is -2.33. The highest BCUT2D eigenvalue weighted by Gasteiger charge is 2.20. The molecule has 184 valence electrons. The number of ether oxygens (including phenoxy) is 2. The van der Waals surface area contributed by atoms with Crippen molar-refractivity contribution in [1.29, 1.82) is 0 Å². The van der Waals surface area contributed by atoms with Gasteiger partial charge in [0.15, 0.2) is 0 Å². The van der Waals surface area contributed by atoms with Gasteiger partial charge in [0.1, 0.15) is 0 Å². The Hall–Kier alpha value is -2.88. The van der Waals surface area contributed by atoms with Crippen molar-refractivity contribution in [3.63, 3.8) is 0 Å². The average molecular weight is 467 g/mol. The van der Waals surface area contributed by atoms with Crippen LogP contribution < -0.4 is 10.2 Å². The maximum Gasteiger partial charge on any atom is 0.227 e. The van der Waals surface area contributed by atoms with E-state index >= 15 is 0 Å². The molecule has 0 atom stereocenters. The summed E-state index contributed by atoms with van der Waals surface area (Å²) < 4.78 is 10.9. The summed E-state index contributed by atoms with van der Waals surface area (Å²) in [4.78, 5) is 26.9. The maximum absolute atomic E-state index is 13.1. The molecule has 0 bridgehead atoms. The highest BCUT2D eigenvalue weighted by molar-refractivity contribution is 5.95. The van der Waals surface area contributed by atoms with Crippen LogP contribution in [0.4, 0.5) is 5.69 Å². The molecule has 1 aromatic rings. The maximum atomic E-state index is 13.1. The fourth-order valence-corrected chi connectivity index (χ4v) is 3.46. The van der Waals surface area contributed by atoms with Crippen LogP contribution in [0.15, 0.2) is 48.1 Å². The SMILES string of the molecule is C=C/C1=C(\C)C#Cc2ccccc2N(C(=O)CCCCC(=O)NCCOCCOCC(C)C)C1. The van der Waals surface area contributed by atoms with E-state index in [2.05, 4.69) is 37.6 Å². The summed E-state index contributed by atoms with van der Waals surface area (Å²) in [5, 5.41) is 2.86. The lowest BCUT2D eigenvalue weighted by atomic mass is 10.0. The van der Waals surface area contributed by atoms with Crippen LogP contribution in [0.5, 0.6) is 0 Å². The summed E-state index contributed by atoms with van der Waals surface area (Å²) >= 11 is 0. The molecule has 0 aliphatic carbocycles. The van der Waals surface area contributed by atoms with Crippen molar-refractivity contribution in [2.75, 3.05) is 44.4 Å². The number of nitrogens with one attached hydrogen (secondary N) is 1. The predicted octanol–water partition coefficient (Wildman–Crippen LogP) is 4.25. The number of carbonyl (C=O) groups excluding carboxylic acids is 2. The van der Waals surface area contributed by atoms with E-state index in [9.17, 15) is 9.59 Å². The number of allylic oxidation sites excluding steroid dienone is 1. The van der Waals surface area contributed by atoms with E-state index in [1.165, 1.54) is 0 Å². The van der Waals surface area contributed by atoms with Crippen LogP contribution in [0.3, 0.4) is 0 Å². The van der Waals surface area contributed by atoms with Crippen LogP contribution in [0.2, 0.25) is 0 Å². The van der Waals surface area contributed by atoms with Gasteiger partial charge in [0.2, 0.25) is 11.8 Å². The number of para-hydroxylation sites is 1. The zero-order chi connectivity index (χ0) is 24.8. The molecule has 1 aliphatic rings. The number of benzene rings is 1. The number of rotatable bonds is 14. The lowest BCUT2D eigenvalue weighted by Gasteiger charge is -2.26. The zero-order valence-corrected chi connectivity index (χ0v) is 20.8. The van der Waals surface area contributed by atoms with Gasteiger partial charge in [-0.05, 0) is 43.4 Å². The molecule has 0 unspecified atom stereocenters. The Morgan fingerprint density at radius 3 is 2.62 bits per heavy atom. The molecule has 34 heavy (non-hydrogen) atoms. The minimum absolute atomic E-state index is 0.0218. The van der Waals surface area contributed by atoms with Gasteiger partial charge in [-0.25, -0.2) is 0 Å². The molecule has 2 amide bonds. The predicted molar refractivity (Wildman–Crippen MR) is 137 cm³/mol. The van der Waals surface area contributed by atoms with Gasteiger partial charge in [0.25, 0.3) is 0 Å². The summed E-state index contributed by atoms with van der Waals surface area (Å²) in [5.74, 6) is 6.85. The third-order valence-electron chi connectivity index (χ3n) is 5.37. The molecule has 0 aromatic heterocycles. The summed E-state index contributed by atoms with van der Waals surface area (Å²) in [6.07, 6.45) is 3.83. The Kier molecular flexibility index (Phi) is 12.2. The van der Waals surface area contributed by atoms with Crippen LogP contribution in [-0.2, 0) is 19.1 Å². The molecule has 1 N–H and O–H groups in total. The minimum Gasteiger partial charge on any atom is -0.379 e. The second-order valence-electron chi connectivity index (χ2n) is 8.74. The Morgan fingerprint density at radius 1 is 1.12 bits per heavy atom. The fraction of sp³-hybridized carbons (Fsp3) is 0.500. The Bertz CT molecular complexity index is 924. The van der Waals surface area contributed by atoms with Crippen molar-refractivity contribution in [2.24, 2.45) is 5.92 Å². The van der Waals surface area contributed by atoms with Crippen molar-refractivity contribution >= 4 is 17.5 Å². The molecule has 0 saturated carbocycles. The van der Waals surface area contributed by atoms with E-state index in [4.69, 9.17) is 9.47 Å². The smallest absolute Gasteiger partial charge is 0.227 e. The molecule has 0 spiro atoms. The van der Waals surface area contributed by atoms with Crippen molar-refractivity contribution < 1.29 is 19.1 Å². The fourth-order valence-electron chi connectivity index (χ4n) is 3.46. The quantitative estimate of drug-likeness (QED) is 0.329.